The molecule has 0 unspecified atom stereocenters. The Balaban J connectivity index is 2.05. The third-order valence-electron chi connectivity index (χ3n) is 5.64. The van der Waals surface area contributed by atoms with E-state index < -0.39 is 22.9 Å². The Morgan fingerprint density at radius 3 is 2.55 bits per heavy atom. The molecule has 1 aromatic rings. The number of carbonyl (C=O) groups is 3. The molecule has 8 heteroatoms. The van der Waals surface area contributed by atoms with Crippen LogP contribution in [0.2, 0.25) is 0 Å². The lowest BCUT2D eigenvalue weighted by molar-refractivity contribution is -0.152. The van der Waals surface area contributed by atoms with Gasteiger partial charge in [0.05, 0.1) is 5.57 Å². The number of esters is 1. The van der Waals surface area contributed by atoms with Crippen LogP contribution < -0.4 is 11.1 Å². The highest BCUT2D eigenvalue weighted by Gasteiger charge is 2.63. The van der Waals surface area contributed by atoms with E-state index in [9.17, 15) is 14.4 Å². The van der Waals surface area contributed by atoms with Gasteiger partial charge in [-0.1, -0.05) is 29.8 Å². The first kappa shape index (κ1) is 21.6. The highest BCUT2D eigenvalue weighted by atomic mass is 79.9. The number of allylic oxidation sites excluding steroid dienone is 1. The second-order valence-electron chi connectivity index (χ2n) is 9.98. The summed E-state index contributed by atoms with van der Waals surface area (Å²) in [4.78, 5) is 40.5. The molecule has 0 saturated carbocycles. The van der Waals surface area contributed by atoms with Crippen LogP contribution in [-0.2, 0) is 29.3 Å². The van der Waals surface area contributed by atoms with E-state index in [0.29, 0.717) is 27.9 Å². The van der Waals surface area contributed by atoms with Crippen molar-refractivity contribution in [3.05, 3.63) is 51.0 Å². The SMILES string of the molecule is CC1(C)CC(=O)C2=C(C1)OC(N)=C(C(=O)OC(C)(C)C)[C@]21C(=O)Nc2ccc(Br)cc21. The number of anilines is 1. The first-order valence-corrected chi connectivity index (χ1v) is 10.9. The van der Waals surface area contributed by atoms with E-state index in [-0.39, 0.29) is 34.6 Å². The first-order valence-electron chi connectivity index (χ1n) is 10.1. The molecular weight excluding hydrogens is 464 g/mol. The van der Waals surface area contributed by atoms with E-state index in [1.807, 2.05) is 13.8 Å². The quantitative estimate of drug-likeness (QED) is 0.581. The molecular formula is C23H25BrN2O5. The van der Waals surface area contributed by atoms with Crippen molar-refractivity contribution in [2.45, 2.75) is 58.5 Å². The molecule has 3 aliphatic rings. The average Bonchev–Trinajstić information content (AvgIpc) is 2.84. The second-order valence-corrected chi connectivity index (χ2v) is 10.9. The Labute approximate surface area is 189 Å². The van der Waals surface area contributed by atoms with Gasteiger partial charge in [0.1, 0.15) is 22.3 Å². The van der Waals surface area contributed by atoms with Crippen LogP contribution in [-0.4, -0.2) is 23.3 Å². The Kier molecular flexibility index (Phi) is 4.67. The van der Waals surface area contributed by atoms with E-state index in [0.717, 1.165) is 0 Å². The number of hydrogen-bond acceptors (Lipinski definition) is 6. The predicted molar refractivity (Wildman–Crippen MR) is 118 cm³/mol. The van der Waals surface area contributed by atoms with Crippen molar-refractivity contribution in [2.75, 3.05) is 5.32 Å². The van der Waals surface area contributed by atoms with Crippen molar-refractivity contribution in [3.63, 3.8) is 0 Å². The number of amides is 1. The van der Waals surface area contributed by atoms with Crippen molar-refractivity contribution >= 4 is 39.3 Å². The summed E-state index contributed by atoms with van der Waals surface area (Å²) in [6.45, 7) is 9.06. The Bertz CT molecular complexity index is 1110. The normalized spacial score (nSPS) is 24.6. The van der Waals surface area contributed by atoms with Crippen LogP contribution in [0.4, 0.5) is 5.69 Å². The molecule has 31 heavy (non-hydrogen) atoms. The number of fused-ring (bicyclic) bond motifs is 3. The molecule has 0 saturated heterocycles. The van der Waals surface area contributed by atoms with Crippen LogP contribution in [0.25, 0.3) is 0 Å². The number of ketones is 1. The summed E-state index contributed by atoms with van der Waals surface area (Å²) < 4.78 is 12.1. The standard InChI is InChI=1S/C23H25BrN2O5/c1-21(2,3)31-19(28)17-18(25)30-15-10-22(4,5)9-14(27)16(15)23(17)12-8-11(24)6-7-13(12)26-20(23)29/h6-8H,9-10,25H2,1-5H3,(H,26,29)/t23-/m1/s1. The molecule has 1 amide bonds. The minimum Gasteiger partial charge on any atom is -0.456 e. The summed E-state index contributed by atoms with van der Waals surface area (Å²) in [6.07, 6.45) is 0.629. The maximum Gasteiger partial charge on any atom is 0.341 e. The first-order chi connectivity index (χ1) is 14.3. The Morgan fingerprint density at radius 2 is 1.90 bits per heavy atom. The fourth-order valence-corrected chi connectivity index (χ4v) is 4.98. The number of carbonyl (C=O) groups excluding carboxylic acids is 3. The largest absolute Gasteiger partial charge is 0.456 e. The molecule has 1 aromatic carbocycles. The highest BCUT2D eigenvalue weighted by Crippen LogP contribution is 2.56. The molecule has 0 radical (unpaired) electrons. The minimum absolute atomic E-state index is 0.163. The van der Waals surface area contributed by atoms with Gasteiger partial charge in [0.25, 0.3) is 0 Å². The third-order valence-corrected chi connectivity index (χ3v) is 6.14. The zero-order valence-electron chi connectivity index (χ0n) is 18.1. The fourth-order valence-electron chi connectivity index (χ4n) is 4.62. The lowest BCUT2D eigenvalue weighted by Gasteiger charge is -2.42. The molecule has 1 aliphatic carbocycles. The number of halogens is 1. The maximum atomic E-state index is 13.6. The Hall–Kier alpha value is -2.61. The van der Waals surface area contributed by atoms with Crippen molar-refractivity contribution in [1.29, 1.82) is 0 Å². The summed E-state index contributed by atoms with van der Waals surface area (Å²) in [5, 5.41) is 2.83. The summed E-state index contributed by atoms with van der Waals surface area (Å²) in [5.74, 6) is -1.45. The Morgan fingerprint density at radius 1 is 1.23 bits per heavy atom. The molecule has 3 N–H and O–H groups in total. The van der Waals surface area contributed by atoms with Crippen LogP contribution >= 0.6 is 15.9 Å². The lowest BCUT2D eigenvalue weighted by Crippen LogP contribution is -2.51. The van der Waals surface area contributed by atoms with Crippen LogP contribution in [0, 0.1) is 5.41 Å². The van der Waals surface area contributed by atoms with Gasteiger partial charge in [-0.2, -0.15) is 0 Å². The molecule has 1 spiro atoms. The lowest BCUT2D eigenvalue weighted by atomic mass is 9.62. The summed E-state index contributed by atoms with van der Waals surface area (Å²) in [7, 11) is 0. The van der Waals surface area contributed by atoms with Crippen molar-refractivity contribution in [1.82, 2.24) is 0 Å². The van der Waals surface area contributed by atoms with Gasteiger partial charge in [-0.25, -0.2) is 4.79 Å². The molecule has 2 heterocycles. The van der Waals surface area contributed by atoms with E-state index in [1.54, 1.807) is 39.0 Å². The van der Waals surface area contributed by atoms with Gasteiger partial charge in [0.2, 0.25) is 11.8 Å². The van der Waals surface area contributed by atoms with E-state index in [4.69, 9.17) is 15.2 Å². The van der Waals surface area contributed by atoms with Gasteiger partial charge in [0, 0.05) is 28.6 Å². The van der Waals surface area contributed by atoms with E-state index >= 15 is 0 Å². The summed E-state index contributed by atoms with van der Waals surface area (Å²) >= 11 is 3.44. The molecule has 0 fully saturated rings. The number of nitrogens with one attached hydrogen (secondary N) is 1. The third kappa shape index (κ3) is 3.28. The second kappa shape index (κ2) is 6.69. The maximum absolute atomic E-state index is 13.6. The topological polar surface area (TPSA) is 108 Å². The molecule has 2 aliphatic heterocycles. The molecule has 0 bridgehead atoms. The van der Waals surface area contributed by atoms with Crippen molar-refractivity contribution in [3.8, 4) is 0 Å². The molecule has 164 valence electrons. The zero-order chi connectivity index (χ0) is 22.9. The average molecular weight is 489 g/mol. The predicted octanol–water partition coefficient (Wildman–Crippen LogP) is 3.82. The van der Waals surface area contributed by atoms with Gasteiger partial charge in [-0.15, -0.1) is 0 Å². The smallest absolute Gasteiger partial charge is 0.341 e. The summed E-state index contributed by atoms with van der Waals surface area (Å²) in [5.41, 5.74) is 4.32. The minimum atomic E-state index is -1.73. The molecule has 0 aromatic heterocycles. The van der Waals surface area contributed by atoms with E-state index in [2.05, 4.69) is 21.2 Å². The van der Waals surface area contributed by atoms with E-state index in [1.165, 1.54) is 0 Å². The number of rotatable bonds is 1. The van der Waals surface area contributed by atoms with Crippen molar-refractivity contribution in [2.24, 2.45) is 11.1 Å². The number of ether oxygens (including phenoxy) is 2. The van der Waals surface area contributed by atoms with Gasteiger partial charge in [0.15, 0.2) is 5.78 Å². The number of Topliss-reactive ketones (excluding diaryl/α,β-unsaturated/α-hetero) is 1. The van der Waals surface area contributed by atoms with Crippen LogP contribution in [0.15, 0.2) is 45.5 Å². The number of hydrogen-bond donors (Lipinski definition) is 2. The van der Waals surface area contributed by atoms with Gasteiger partial charge < -0.3 is 20.5 Å². The molecule has 4 rings (SSSR count). The molecule has 7 nitrogen and oxygen atoms in total. The van der Waals surface area contributed by atoms with Crippen LogP contribution in [0.5, 0.6) is 0 Å². The number of benzene rings is 1. The van der Waals surface area contributed by atoms with Gasteiger partial charge in [-0.05, 0) is 44.4 Å². The van der Waals surface area contributed by atoms with Gasteiger partial charge >= 0.3 is 5.97 Å². The summed E-state index contributed by atoms with van der Waals surface area (Å²) in [6, 6.07) is 5.23. The van der Waals surface area contributed by atoms with Crippen LogP contribution in [0.1, 0.15) is 53.0 Å². The zero-order valence-corrected chi connectivity index (χ0v) is 19.7. The monoisotopic (exact) mass is 488 g/mol. The highest BCUT2D eigenvalue weighted by molar-refractivity contribution is 9.10. The van der Waals surface area contributed by atoms with Crippen LogP contribution in [0.3, 0.4) is 0 Å². The number of nitrogens with two attached hydrogens (primary N) is 1. The van der Waals surface area contributed by atoms with Gasteiger partial charge in [-0.3, -0.25) is 9.59 Å². The fraction of sp³-hybridized carbons (Fsp3) is 0.435. The molecule has 1 atom stereocenters. The van der Waals surface area contributed by atoms with Crippen molar-refractivity contribution < 1.29 is 23.9 Å².